The lowest BCUT2D eigenvalue weighted by molar-refractivity contribution is 0.122. The van der Waals surface area contributed by atoms with Crippen LogP contribution in [0.5, 0.6) is 0 Å². The van der Waals surface area contributed by atoms with E-state index in [1.54, 1.807) is 13.8 Å². The number of oxime groups is 1. The Kier molecular flexibility index (Phi) is 4.63. The summed E-state index contributed by atoms with van der Waals surface area (Å²) < 4.78 is 64.6. The van der Waals surface area contributed by atoms with Crippen LogP contribution < -0.4 is 0 Å². The fourth-order valence-electron chi connectivity index (χ4n) is 1.05. The summed E-state index contributed by atoms with van der Waals surface area (Å²) in [6, 6.07) is 0. The van der Waals surface area contributed by atoms with E-state index < -0.39 is 41.3 Å². The number of benzene rings is 1. The van der Waals surface area contributed by atoms with Crippen LogP contribution in [0.3, 0.4) is 0 Å². The van der Waals surface area contributed by atoms with E-state index in [4.69, 9.17) is 0 Å². The maximum atomic E-state index is 13.2. The van der Waals surface area contributed by atoms with E-state index in [0.717, 1.165) is 0 Å². The predicted molar refractivity (Wildman–Crippen MR) is 54.4 cm³/mol. The van der Waals surface area contributed by atoms with Gasteiger partial charge in [0.25, 0.3) is 0 Å². The molecule has 0 saturated carbocycles. The quantitative estimate of drug-likeness (QED) is 0.268. The van der Waals surface area contributed by atoms with E-state index in [-0.39, 0.29) is 0 Å². The van der Waals surface area contributed by atoms with Crippen LogP contribution in [-0.4, -0.2) is 5.71 Å². The molecule has 1 aromatic carbocycles. The molecule has 0 amide bonds. The molecule has 0 aliphatic heterocycles. The Morgan fingerprint density at radius 1 is 0.944 bits per heavy atom. The number of halogens is 5. The highest BCUT2D eigenvalue weighted by Gasteiger charge is 2.25. The molecular formula is C11H10F5NO. The summed E-state index contributed by atoms with van der Waals surface area (Å²) >= 11 is 0. The molecule has 0 aliphatic carbocycles. The lowest BCUT2D eigenvalue weighted by atomic mass is 10.2. The van der Waals surface area contributed by atoms with Gasteiger partial charge in [0.05, 0.1) is 11.3 Å². The Balaban J connectivity index is 3.03. The van der Waals surface area contributed by atoms with Gasteiger partial charge in [-0.2, -0.15) is 0 Å². The summed E-state index contributed by atoms with van der Waals surface area (Å²) in [5.74, 6) is -10.00. The Bertz CT molecular complexity index is 458. The molecule has 0 aliphatic rings. The molecule has 0 N–H and O–H groups in total. The van der Waals surface area contributed by atoms with Gasteiger partial charge in [-0.05, 0) is 13.3 Å². The second kappa shape index (κ2) is 5.79. The molecule has 18 heavy (non-hydrogen) atoms. The van der Waals surface area contributed by atoms with Crippen molar-refractivity contribution in [3.8, 4) is 0 Å². The Morgan fingerprint density at radius 2 is 1.39 bits per heavy atom. The Hall–Kier alpha value is -1.66. The lowest BCUT2D eigenvalue weighted by Gasteiger charge is -2.07. The third-order valence-electron chi connectivity index (χ3n) is 2.24. The van der Waals surface area contributed by atoms with E-state index in [2.05, 4.69) is 9.99 Å². The predicted octanol–water partition coefficient (Wildman–Crippen LogP) is 3.68. The topological polar surface area (TPSA) is 21.6 Å². The fourth-order valence-corrected chi connectivity index (χ4v) is 1.05. The SMILES string of the molecule is CCC(C)=NOCc1c(F)c(F)c(F)c(F)c1F. The first-order chi connectivity index (χ1) is 8.40. The molecule has 1 rings (SSSR count). The molecule has 100 valence electrons. The van der Waals surface area contributed by atoms with Crippen LogP contribution in [0.2, 0.25) is 0 Å². The van der Waals surface area contributed by atoms with E-state index in [9.17, 15) is 22.0 Å². The zero-order valence-corrected chi connectivity index (χ0v) is 9.66. The average Bonchev–Trinajstić information content (AvgIpc) is 2.37. The van der Waals surface area contributed by atoms with Gasteiger partial charge in [-0.25, -0.2) is 22.0 Å². The van der Waals surface area contributed by atoms with Crippen LogP contribution in [0.25, 0.3) is 0 Å². The van der Waals surface area contributed by atoms with Crippen molar-refractivity contribution >= 4 is 5.71 Å². The van der Waals surface area contributed by atoms with Crippen molar-refractivity contribution in [2.45, 2.75) is 26.9 Å². The molecule has 0 aromatic heterocycles. The van der Waals surface area contributed by atoms with Gasteiger partial charge < -0.3 is 4.84 Å². The molecule has 0 atom stereocenters. The summed E-state index contributed by atoms with van der Waals surface area (Å²) in [5, 5.41) is 3.45. The van der Waals surface area contributed by atoms with Crippen molar-refractivity contribution in [2.75, 3.05) is 0 Å². The van der Waals surface area contributed by atoms with Crippen molar-refractivity contribution in [2.24, 2.45) is 5.16 Å². The standard InChI is InChI=1S/C11H10F5NO/c1-3-5(2)17-18-4-6-7(12)9(14)11(16)10(15)8(6)13/h3-4H2,1-2H3. The molecular weight excluding hydrogens is 257 g/mol. The minimum atomic E-state index is -2.19. The van der Waals surface area contributed by atoms with Crippen molar-refractivity contribution in [1.29, 1.82) is 0 Å². The first kappa shape index (κ1) is 14.4. The molecule has 1 aromatic rings. The molecule has 0 heterocycles. The van der Waals surface area contributed by atoms with Crippen LogP contribution in [0.1, 0.15) is 25.8 Å². The third kappa shape index (κ3) is 2.77. The van der Waals surface area contributed by atoms with Crippen LogP contribution in [0.4, 0.5) is 22.0 Å². The number of hydrogen-bond acceptors (Lipinski definition) is 2. The number of rotatable bonds is 4. The largest absolute Gasteiger partial charge is 0.391 e. The summed E-state index contributed by atoms with van der Waals surface area (Å²) in [4.78, 5) is 4.54. The van der Waals surface area contributed by atoms with Crippen molar-refractivity contribution < 1.29 is 26.8 Å². The van der Waals surface area contributed by atoms with E-state index in [0.29, 0.717) is 12.1 Å². The average molecular weight is 267 g/mol. The normalized spacial score (nSPS) is 11.8. The molecule has 0 spiro atoms. The lowest BCUT2D eigenvalue weighted by Crippen LogP contribution is -2.08. The third-order valence-corrected chi connectivity index (χ3v) is 2.24. The first-order valence-corrected chi connectivity index (χ1v) is 5.05. The van der Waals surface area contributed by atoms with Crippen molar-refractivity contribution in [3.63, 3.8) is 0 Å². The van der Waals surface area contributed by atoms with Gasteiger partial charge in [-0.1, -0.05) is 12.1 Å². The van der Waals surface area contributed by atoms with E-state index >= 15 is 0 Å². The Morgan fingerprint density at radius 3 is 1.83 bits per heavy atom. The molecule has 0 saturated heterocycles. The first-order valence-electron chi connectivity index (χ1n) is 5.05. The zero-order chi connectivity index (χ0) is 13.9. The minimum absolute atomic E-state index is 0.527. The van der Waals surface area contributed by atoms with Crippen LogP contribution >= 0.6 is 0 Å². The fraction of sp³-hybridized carbons (Fsp3) is 0.364. The van der Waals surface area contributed by atoms with Gasteiger partial charge in [-0.15, -0.1) is 0 Å². The number of nitrogens with zero attached hydrogens (tertiary/aromatic N) is 1. The highest BCUT2D eigenvalue weighted by molar-refractivity contribution is 5.80. The Labute approximate surface area is 100 Å². The van der Waals surface area contributed by atoms with Crippen LogP contribution in [0, 0.1) is 29.1 Å². The monoisotopic (exact) mass is 267 g/mol. The molecule has 0 unspecified atom stereocenters. The molecule has 0 bridgehead atoms. The summed E-state index contributed by atoms with van der Waals surface area (Å²) in [5.41, 5.74) is -0.516. The van der Waals surface area contributed by atoms with Gasteiger partial charge in [0.1, 0.15) is 6.61 Å². The van der Waals surface area contributed by atoms with Gasteiger partial charge in [0.15, 0.2) is 23.3 Å². The zero-order valence-electron chi connectivity index (χ0n) is 9.66. The van der Waals surface area contributed by atoms with Crippen LogP contribution in [-0.2, 0) is 11.4 Å². The van der Waals surface area contributed by atoms with E-state index in [1.165, 1.54) is 0 Å². The van der Waals surface area contributed by atoms with Gasteiger partial charge in [0.2, 0.25) is 5.82 Å². The molecule has 0 fully saturated rings. The second-order valence-electron chi connectivity index (χ2n) is 3.50. The molecule has 2 nitrogen and oxygen atoms in total. The molecule has 7 heteroatoms. The summed E-state index contributed by atoms with van der Waals surface area (Å²) in [6.07, 6.45) is 0.539. The van der Waals surface area contributed by atoms with E-state index in [1.807, 2.05) is 0 Å². The van der Waals surface area contributed by atoms with Gasteiger partial charge in [-0.3, -0.25) is 0 Å². The minimum Gasteiger partial charge on any atom is -0.391 e. The summed E-state index contributed by atoms with van der Waals surface area (Å²) in [7, 11) is 0. The van der Waals surface area contributed by atoms with Gasteiger partial charge >= 0.3 is 0 Å². The highest BCUT2D eigenvalue weighted by Crippen LogP contribution is 2.23. The summed E-state index contributed by atoms with van der Waals surface area (Å²) in [6.45, 7) is 2.53. The van der Waals surface area contributed by atoms with Crippen molar-refractivity contribution in [1.82, 2.24) is 0 Å². The number of hydrogen-bond donors (Lipinski definition) is 0. The smallest absolute Gasteiger partial charge is 0.200 e. The maximum absolute atomic E-state index is 13.2. The second-order valence-corrected chi connectivity index (χ2v) is 3.50. The van der Waals surface area contributed by atoms with Gasteiger partial charge in [0, 0.05) is 0 Å². The maximum Gasteiger partial charge on any atom is 0.200 e. The highest BCUT2D eigenvalue weighted by atomic mass is 19.2. The van der Waals surface area contributed by atoms with Crippen molar-refractivity contribution in [3.05, 3.63) is 34.6 Å². The van der Waals surface area contributed by atoms with Crippen LogP contribution in [0.15, 0.2) is 5.16 Å². The molecule has 0 radical (unpaired) electrons.